The summed E-state index contributed by atoms with van der Waals surface area (Å²) in [5.41, 5.74) is 1.62. The van der Waals surface area contributed by atoms with Gasteiger partial charge in [0.15, 0.2) is 5.82 Å². The summed E-state index contributed by atoms with van der Waals surface area (Å²) >= 11 is 6.06. The van der Waals surface area contributed by atoms with Gasteiger partial charge in [-0.25, -0.2) is 4.98 Å². The molecular weight excluding hydrogens is 374 g/mol. The lowest BCUT2D eigenvalue weighted by molar-refractivity contribution is 0.429. The van der Waals surface area contributed by atoms with E-state index in [4.69, 9.17) is 16.7 Å². The molecule has 1 aromatic carbocycles. The lowest BCUT2D eigenvalue weighted by Gasteiger charge is -2.17. The Morgan fingerprint density at radius 2 is 2.00 bits per heavy atom. The number of hydrogen-bond donors (Lipinski definition) is 0. The highest BCUT2D eigenvalue weighted by Crippen LogP contribution is 2.31. The van der Waals surface area contributed by atoms with Crippen molar-refractivity contribution in [2.24, 2.45) is 0 Å². The highest BCUT2D eigenvalue weighted by atomic mass is 35.5. The third kappa shape index (κ3) is 3.07. The zero-order valence-corrected chi connectivity index (χ0v) is 16.1. The SMILES string of the molecule is O=c1c2cnc3nc(C4CCCCC4)nn3c2ccn1Cc1cccc(Cl)c1. The van der Waals surface area contributed by atoms with Gasteiger partial charge in [0.05, 0.1) is 17.4 Å². The van der Waals surface area contributed by atoms with E-state index < -0.39 is 0 Å². The minimum Gasteiger partial charge on any atom is -0.310 e. The number of halogens is 1. The van der Waals surface area contributed by atoms with E-state index in [1.165, 1.54) is 19.3 Å². The molecule has 1 aliphatic rings. The van der Waals surface area contributed by atoms with Gasteiger partial charge in [-0.2, -0.15) is 9.50 Å². The molecule has 1 aliphatic carbocycles. The van der Waals surface area contributed by atoms with Gasteiger partial charge in [0.25, 0.3) is 11.3 Å². The van der Waals surface area contributed by atoms with Gasteiger partial charge in [0, 0.05) is 23.3 Å². The van der Waals surface area contributed by atoms with Crippen LogP contribution in [0.5, 0.6) is 0 Å². The van der Waals surface area contributed by atoms with Crippen molar-refractivity contribution in [2.45, 2.75) is 44.6 Å². The maximum Gasteiger partial charge on any atom is 0.261 e. The second-order valence-corrected chi connectivity index (χ2v) is 7.89. The van der Waals surface area contributed by atoms with Crippen LogP contribution in [-0.2, 0) is 6.54 Å². The summed E-state index contributed by atoms with van der Waals surface area (Å²) in [4.78, 5) is 22.0. The Balaban J connectivity index is 1.57. The van der Waals surface area contributed by atoms with Gasteiger partial charge in [0.1, 0.15) is 0 Å². The molecule has 5 rings (SSSR count). The number of nitrogens with zero attached hydrogens (tertiary/aromatic N) is 5. The Morgan fingerprint density at radius 3 is 2.82 bits per heavy atom. The van der Waals surface area contributed by atoms with E-state index in [-0.39, 0.29) is 5.56 Å². The number of rotatable bonds is 3. The van der Waals surface area contributed by atoms with E-state index >= 15 is 0 Å². The quantitative estimate of drug-likeness (QED) is 0.523. The molecule has 0 unspecified atom stereocenters. The standard InChI is InChI=1S/C21H20ClN5O/c22-16-8-4-5-14(11-16)13-26-10-9-18-17(20(26)28)12-23-21-24-19(25-27(18)21)15-6-2-1-3-7-15/h4-5,8-12,15H,1-3,6-7,13H2. The topological polar surface area (TPSA) is 65.1 Å². The first-order valence-corrected chi connectivity index (χ1v) is 10.1. The maximum absolute atomic E-state index is 13.0. The second-order valence-electron chi connectivity index (χ2n) is 7.45. The Kier molecular flexibility index (Phi) is 4.36. The number of benzene rings is 1. The normalized spacial score (nSPS) is 15.5. The Hall–Kier alpha value is -2.73. The smallest absolute Gasteiger partial charge is 0.261 e. The average Bonchev–Trinajstić information content (AvgIpc) is 3.15. The Morgan fingerprint density at radius 1 is 1.14 bits per heavy atom. The van der Waals surface area contributed by atoms with Crippen LogP contribution in [0.4, 0.5) is 0 Å². The van der Waals surface area contributed by atoms with Gasteiger partial charge in [-0.05, 0) is 36.6 Å². The van der Waals surface area contributed by atoms with E-state index in [1.54, 1.807) is 21.5 Å². The molecule has 0 atom stereocenters. The molecule has 0 amide bonds. The molecule has 142 valence electrons. The summed E-state index contributed by atoms with van der Waals surface area (Å²) in [6.07, 6.45) is 9.40. The summed E-state index contributed by atoms with van der Waals surface area (Å²) in [7, 11) is 0. The molecule has 4 aromatic rings. The van der Waals surface area contributed by atoms with E-state index in [1.807, 2.05) is 30.3 Å². The molecule has 0 radical (unpaired) electrons. The van der Waals surface area contributed by atoms with Gasteiger partial charge < -0.3 is 4.57 Å². The lowest BCUT2D eigenvalue weighted by Crippen LogP contribution is -2.21. The zero-order chi connectivity index (χ0) is 19.1. The molecule has 3 heterocycles. The van der Waals surface area contributed by atoms with Crippen LogP contribution in [0.1, 0.15) is 49.4 Å². The van der Waals surface area contributed by atoms with Crippen molar-refractivity contribution in [1.82, 2.24) is 24.1 Å². The van der Waals surface area contributed by atoms with Crippen molar-refractivity contribution in [3.63, 3.8) is 0 Å². The fourth-order valence-corrected chi connectivity index (χ4v) is 4.28. The summed E-state index contributed by atoms with van der Waals surface area (Å²) < 4.78 is 3.38. The summed E-state index contributed by atoms with van der Waals surface area (Å²) in [5.74, 6) is 1.80. The average molecular weight is 394 g/mol. The largest absolute Gasteiger partial charge is 0.310 e. The minimum absolute atomic E-state index is 0.0957. The molecule has 1 fully saturated rings. The molecule has 1 saturated carbocycles. The number of pyridine rings is 1. The van der Waals surface area contributed by atoms with Crippen LogP contribution in [0.2, 0.25) is 5.02 Å². The number of aromatic nitrogens is 5. The van der Waals surface area contributed by atoms with Gasteiger partial charge in [-0.3, -0.25) is 4.79 Å². The zero-order valence-electron chi connectivity index (χ0n) is 15.4. The molecule has 0 bridgehead atoms. The van der Waals surface area contributed by atoms with Gasteiger partial charge in [-0.15, -0.1) is 5.10 Å². The van der Waals surface area contributed by atoms with E-state index in [9.17, 15) is 4.79 Å². The number of fused-ring (bicyclic) bond motifs is 3. The highest BCUT2D eigenvalue weighted by Gasteiger charge is 2.21. The van der Waals surface area contributed by atoms with Crippen LogP contribution >= 0.6 is 11.6 Å². The molecule has 6 nitrogen and oxygen atoms in total. The Labute approximate surface area is 166 Å². The van der Waals surface area contributed by atoms with Gasteiger partial charge in [-0.1, -0.05) is 43.0 Å². The molecule has 0 saturated heterocycles. The Bertz CT molecular complexity index is 1220. The van der Waals surface area contributed by atoms with Gasteiger partial charge in [0.2, 0.25) is 0 Å². The van der Waals surface area contributed by atoms with Crippen molar-refractivity contribution < 1.29 is 0 Å². The molecular formula is C21H20ClN5O. The molecule has 3 aromatic heterocycles. The third-order valence-electron chi connectivity index (χ3n) is 5.54. The molecule has 0 N–H and O–H groups in total. The third-order valence-corrected chi connectivity index (χ3v) is 5.77. The van der Waals surface area contributed by atoms with Crippen molar-refractivity contribution in [1.29, 1.82) is 0 Å². The summed E-state index contributed by atoms with van der Waals surface area (Å²) in [6, 6.07) is 9.45. The maximum atomic E-state index is 13.0. The van der Waals surface area contributed by atoms with Crippen LogP contribution in [-0.4, -0.2) is 24.1 Å². The first kappa shape index (κ1) is 17.4. The van der Waals surface area contributed by atoms with E-state index in [0.717, 1.165) is 29.7 Å². The highest BCUT2D eigenvalue weighted by molar-refractivity contribution is 6.30. The van der Waals surface area contributed by atoms with Crippen LogP contribution < -0.4 is 5.56 Å². The predicted octanol–water partition coefficient (Wildman–Crippen LogP) is 4.19. The van der Waals surface area contributed by atoms with Crippen molar-refractivity contribution in [3.8, 4) is 0 Å². The minimum atomic E-state index is -0.0957. The molecule has 0 aliphatic heterocycles. The molecule has 7 heteroatoms. The molecule has 0 spiro atoms. The first-order valence-electron chi connectivity index (χ1n) is 9.68. The second kappa shape index (κ2) is 7.02. The van der Waals surface area contributed by atoms with Crippen molar-refractivity contribution in [3.05, 3.63) is 69.5 Å². The van der Waals surface area contributed by atoms with Crippen LogP contribution in [0.25, 0.3) is 16.7 Å². The first-order chi connectivity index (χ1) is 13.7. The monoisotopic (exact) mass is 393 g/mol. The van der Waals surface area contributed by atoms with Crippen LogP contribution in [0, 0.1) is 0 Å². The lowest BCUT2D eigenvalue weighted by atomic mass is 9.89. The fraction of sp³-hybridized carbons (Fsp3) is 0.333. The van der Waals surface area contributed by atoms with E-state index in [0.29, 0.717) is 28.6 Å². The fourth-order valence-electron chi connectivity index (χ4n) is 4.07. The van der Waals surface area contributed by atoms with E-state index in [2.05, 4.69) is 9.97 Å². The number of hydrogen-bond acceptors (Lipinski definition) is 4. The molecule has 28 heavy (non-hydrogen) atoms. The van der Waals surface area contributed by atoms with Crippen molar-refractivity contribution >= 4 is 28.3 Å². The van der Waals surface area contributed by atoms with Crippen LogP contribution in [0.3, 0.4) is 0 Å². The van der Waals surface area contributed by atoms with Gasteiger partial charge >= 0.3 is 0 Å². The summed E-state index contributed by atoms with van der Waals surface area (Å²) in [6.45, 7) is 0.456. The van der Waals surface area contributed by atoms with Crippen LogP contribution in [0.15, 0.2) is 47.5 Å². The van der Waals surface area contributed by atoms with Crippen molar-refractivity contribution in [2.75, 3.05) is 0 Å². The summed E-state index contributed by atoms with van der Waals surface area (Å²) in [5, 5.41) is 5.91. The predicted molar refractivity (Wildman–Crippen MR) is 109 cm³/mol.